The summed E-state index contributed by atoms with van der Waals surface area (Å²) in [5, 5.41) is 0. The van der Waals surface area contributed by atoms with Gasteiger partial charge in [-0.3, -0.25) is 0 Å². The van der Waals surface area contributed by atoms with Crippen LogP contribution in [0.5, 0.6) is 0 Å². The van der Waals surface area contributed by atoms with E-state index in [1.807, 2.05) is 31.4 Å². The van der Waals surface area contributed by atoms with E-state index in [1.165, 1.54) is 89.1 Å². The van der Waals surface area contributed by atoms with Crippen molar-refractivity contribution < 1.29 is 18.9 Å². The molecule has 0 atom stereocenters. The number of hydrogen-bond donors (Lipinski definition) is 0. The summed E-state index contributed by atoms with van der Waals surface area (Å²) in [7, 11) is 5.04. The van der Waals surface area contributed by atoms with Crippen molar-refractivity contribution in [1.29, 1.82) is 0 Å². The van der Waals surface area contributed by atoms with Crippen LogP contribution >= 0.6 is 31.4 Å². The molecule has 4 nitrogen and oxygen atoms in total. The first-order valence-corrected chi connectivity index (χ1v) is 25.8. The molecule has 0 spiro atoms. The fraction of sp³-hybridized carbons (Fsp3) is 1.00. The number of unbranched alkanes of at least 4 members (excludes halogenated alkanes) is 10. The van der Waals surface area contributed by atoms with E-state index >= 15 is 0 Å². The summed E-state index contributed by atoms with van der Waals surface area (Å²) in [5.41, 5.74) is -0.541. The topological polar surface area (TPSA) is 36.9 Å². The van der Waals surface area contributed by atoms with Crippen molar-refractivity contribution in [3.05, 3.63) is 0 Å². The molecule has 0 fully saturated rings. The van der Waals surface area contributed by atoms with Gasteiger partial charge < -0.3 is 18.9 Å². The van der Waals surface area contributed by atoms with E-state index in [0.717, 1.165) is 76.5 Å². The highest BCUT2D eigenvalue weighted by molar-refractivity contribution is 9.09. The summed E-state index contributed by atoms with van der Waals surface area (Å²) < 4.78 is 26.7. The summed E-state index contributed by atoms with van der Waals surface area (Å²) in [6, 6.07) is 2.65. The Morgan fingerprint density at radius 2 is 0.721 bits per heavy atom. The minimum atomic E-state index is -0.461. The van der Waals surface area contributed by atoms with Gasteiger partial charge in [-0.05, 0) is 35.5 Å². The first-order chi connectivity index (χ1) is 21.1. The van der Waals surface area contributed by atoms with Gasteiger partial charge in [0.25, 0.3) is 0 Å². The van der Waals surface area contributed by atoms with Gasteiger partial charge in [0, 0.05) is 50.8 Å². The molecule has 0 aliphatic rings. The van der Waals surface area contributed by atoms with E-state index in [2.05, 4.69) is 41.5 Å². The van der Waals surface area contributed by atoms with Crippen LogP contribution in [-0.4, -0.2) is 67.8 Å². The second kappa shape index (κ2) is 33.2. The van der Waals surface area contributed by atoms with Crippen LogP contribution in [0, 0.1) is 0 Å². The molecule has 0 N–H and O–H groups in total. The van der Waals surface area contributed by atoms with Crippen molar-refractivity contribution in [1.82, 2.24) is 0 Å². The monoisotopic (exact) mass is 698 g/mol. The lowest BCUT2D eigenvalue weighted by Crippen LogP contribution is -2.43. The molecule has 0 bridgehead atoms. The number of hydrogen-bond acceptors (Lipinski definition) is 7. The van der Waals surface area contributed by atoms with Gasteiger partial charge in [0.15, 0.2) is 0 Å². The zero-order chi connectivity index (χ0) is 31.7. The van der Waals surface area contributed by atoms with Gasteiger partial charge in [0.2, 0.25) is 0 Å². The van der Waals surface area contributed by atoms with Gasteiger partial charge in [-0.2, -0.15) is 0 Å². The Morgan fingerprint density at radius 3 is 1.00 bits per heavy atom. The highest BCUT2D eigenvalue weighted by Crippen LogP contribution is 2.38. The molecule has 9 heteroatoms. The summed E-state index contributed by atoms with van der Waals surface area (Å²) in [4.78, 5) is 0. The summed E-state index contributed by atoms with van der Waals surface area (Å²) in [5.74, 6) is 2.19. The number of rotatable bonds is 36. The van der Waals surface area contributed by atoms with E-state index in [0.29, 0.717) is 0 Å². The lowest BCUT2D eigenvalue weighted by Gasteiger charge is -2.35. The third kappa shape index (κ3) is 26.0. The normalized spacial score (nSPS) is 13.0. The molecule has 0 saturated carbocycles. The quantitative estimate of drug-likeness (QED) is 0.0279. The Bertz CT molecular complexity index is 494. The fourth-order valence-electron chi connectivity index (χ4n) is 5.14. The molecule has 0 radical (unpaired) electrons. The summed E-state index contributed by atoms with van der Waals surface area (Å²) in [6.07, 6.45) is 21.8. The molecule has 0 unspecified atom stereocenters. The van der Waals surface area contributed by atoms with E-state index in [4.69, 9.17) is 18.9 Å². The van der Waals surface area contributed by atoms with Crippen LogP contribution in [0.3, 0.4) is 0 Å². The predicted octanol–water partition coefficient (Wildman–Crippen LogP) is 10.7. The van der Waals surface area contributed by atoms with E-state index in [9.17, 15) is 0 Å². The predicted molar refractivity (Wildman–Crippen MR) is 206 cm³/mol. The van der Waals surface area contributed by atoms with Gasteiger partial charge in [0.05, 0.1) is 19.0 Å². The Morgan fingerprint density at radius 1 is 0.419 bits per heavy atom. The Kier molecular flexibility index (Phi) is 34.3. The standard InChI is InChI=1S/C34H74O4S3Si2/c1-7-13-19-25-35-33(42-31-17-11-5,36-26-20-14-8-2)23-29-39-41-40-30-24-34(43-32-18-12-6,37-27-21-15-9-3)38-28-22-16-10-4/h7-32,42-43H2,1-6H3. The van der Waals surface area contributed by atoms with Crippen LogP contribution in [0.25, 0.3) is 0 Å². The summed E-state index contributed by atoms with van der Waals surface area (Å²) >= 11 is 0. The Labute approximate surface area is 286 Å². The molecule has 0 aromatic heterocycles. The van der Waals surface area contributed by atoms with Crippen molar-refractivity contribution in [2.45, 2.75) is 180 Å². The molecule has 0 aromatic carbocycles. The minimum Gasteiger partial charge on any atom is -0.354 e. The highest BCUT2D eigenvalue weighted by Gasteiger charge is 2.33. The van der Waals surface area contributed by atoms with Gasteiger partial charge in [-0.15, -0.1) is 0 Å². The second-order valence-corrected chi connectivity index (χ2v) is 21.2. The lowest BCUT2D eigenvalue weighted by atomic mass is 10.2. The van der Waals surface area contributed by atoms with Crippen LogP contribution in [-0.2, 0) is 18.9 Å². The molecule has 260 valence electrons. The van der Waals surface area contributed by atoms with Crippen molar-refractivity contribution in [3.63, 3.8) is 0 Å². The molecule has 0 aliphatic heterocycles. The Balaban J connectivity index is 5.03. The largest absolute Gasteiger partial charge is 0.354 e. The van der Waals surface area contributed by atoms with E-state index < -0.39 is 19.0 Å². The Hall–Kier alpha value is 1.32. The molecule has 0 amide bonds. The molecular formula is C34H74O4S3Si2. The van der Waals surface area contributed by atoms with Gasteiger partial charge in [-0.1, -0.05) is 152 Å². The fourth-order valence-corrected chi connectivity index (χ4v) is 14.2. The molecule has 0 saturated heterocycles. The van der Waals surface area contributed by atoms with Crippen molar-refractivity contribution in [2.24, 2.45) is 0 Å². The van der Waals surface area contributed by atoms with Crippen LogP contribution in [0.15, 0.2) is 0 Å². The molecule has 0 rings (SSSR count). The maximum atomic E-state index is 6.67. The van der Waals surface area contributed by atoms with Crippen molar-refractivity contribution in [3.8, 4) is 0 Å². The third-order valence-electron chi connectivity index (χ3n) is 8.00. The van der Waals surface area contributed by atoms with Crippen molar-refractivity contribution >= 4 is 50.5 Å². The smallest absolute Gasteiger partial charge is 0.145 e. The van der Waals surface area contributed by atoms with Crippen LogP contribution < -0.4 is 0 Å². The lowest BCUT2D eigenvalue weighted by molar-refractivity contribution is -0.183. The van der Waals surface area contributed by atoms with Gasteiger partial charge in [-0.25, -0.2) is 0 Å². The zero-order valence-corrected chi connectivity index (χ0v) is 34.9. The molecule has 0 aromatic rings. The van der Waals surface area contributed by atoms with Crippen LogP contribution in [0.4, 0.5) is 0 Å². The second-order valence-electron chi connectivity index (χ2n) is 12.2. The molecule has 0 aliphatic carbocycles. The van der Waals surface area contributed by atoms with E-state index in [1.54, 1.807) is 0 Å². The molecular weight excluding hydrogens is 625 g/mol. The molecule has 0 heterocycles. The average molecular weight is 699 g/mol. The van der Waals surface area contributed by atoms with Crippen molar-refractivity contribution in [2.75, 3.05) is 37.9 Å². The maximum Gasteiger partial charge on any atom is 0.145 e. The summed E-state index contributed by atoms with van der Waals surface area (Å²) in [6.45, 7) is 17.1. The maximum absolute atomic E-state index is 6.67. The van der Waals surface area contributed by atoms with Crippen LogP contribution in [0.1, 0.15) is 157 Å². The first-order valence-electron chi connectivity index (χ1n) is 18.5. The van der Waals surface area contributed by atoms with Crippen LogP contribution in [0.2, 0.25) is 12.1 Å². The zero-order valence-electron chi connectivity index (χ0n) is 29.7. The third-order valence-corrected chi connectivity index (χ3v) is 17.0. The minimum absolute atomic E-state index is 0.270. The average Bonchev–Trinajstić information content (AvgIpc) is 3.01. The van der Waals surface area contributed by atoms with E-state index in [-0.39, 0.29) is 10.8 Å². The van der Waals surface area contributed by atoms with Gasteiger partial charge in [0.1, 0.15) is 10.8 Å². The van der Waals surface area contributed by atoms with Gasteiger partial charge >= 0.3 is 0 Å². The molecule has 43 heavy (non-hydrogen) atoms. The first kappa shape index (κ1) is 44.3. The highest BCUT2D eigenvalue weighted by atomic mass is 33.5. The number of ether oxygens (including phenoxy) is 4. The SMILES string of the molecule is CCCCCOC(CCSSSCCC(OCCCCC)(OCCCCC)[SiH2]CCCC)(OCCCCC)[SiH2]CCCC.